The number of carbonyl (C=O) groups is 4. The summed E-state index contributed by atoms with van der Waals surface area (Å²) < 4.78 is 26.7. The maximum Gasteiger partial charge on any atom is 0.344 e. The maximum atomic E-state index is 14.5. The van der Waals surface area contributed by atoms with Crippen LogP contribution in [0.25, 0.3) is 0 Å². The number of amides is 3. The molecule has 0 radical (unpaired) electrons. The van der Waals surface area contributed by atoms with Gasteiger partial charge in [0.1, 0.15) is 24.1 Å². The van der Waals surface area contributed by atoms with Gasteiger partial charge in [0.05, 0.1) is 23.0 Å². The minimum absolute atomic E-state index is 0.000883. The zero-order valence-corrected chi connectivity index (χ0v) is 28.8. The number of ether oxygens (including phenoxy) is 2. The van der Waals surface area contributed by atoms with Crippen molar-refractivity contribution < 1.29 is 33.0 Å². The number of hydrogen-bond donors (Lipinski definition) is 0. The Bertz CT molecular complexity index is 1630. The number of esters is 1. The molecule has 48 heavy (non-hydrogen) atoms. The second-order valence-corrected chi connectivity index (χ2v) is 12.1. The average molecular weight is 702 g/mol. The van der Waals surface area contributed by atoms with Gasteiger partial charge in [-0.25, -0.2) is 14.1 Å². The highest BCUT2D eigenvalue weighted by atomic mass is 35.5. The average Bonchev–Trinajstić information content (AvgIpc) is 3.68. The molecular weight excluding hydrogens is 662 g/mol. The van der Waals surface area contributed by atoms with E-state index in [1.165, 1.54) is 6.07 Å². The fraction of sp³-hybridized carbons (Fsp3) is 0.400. The van der Waals surface area contributed by atoms with Gasteiger partial charge in [0, 0.05) is 29.6 Å². The molecule has 2 heterocycles. The van der Waals surface area contributed by atoms with Crippen molar-refractivity contribution >= 4 is 58.3 Å². The fourth-order valence-corrected chi connectivity index (χ4v) is 5.93. The number of aryl methyl sites for hydroxylation is 2. The van der Waals surface area contributed by atoms with E-state index in [0.29, 0.717) is 37.3 Å². The van der Waals surface area contributed by atoms with Crippen molar-refractivity contribution in [1.82, 2.24) is 9.78 Å². The van der Waals surface area contributed by atoms with Gasteiger partial charge in [-0.05, 0) is 69.2 Å². The Hall–Kier alpha value is -4.22. The summed E-state index contributed by atoms with van der Waals surface area (Å²) in [4.78, 5) is 51.7. The number of unbranched alkanes of at least 4 members (excludes halogenated alkanes) is 2. The van der Waals surface area contributed by atoms with E-state index in [2.05, 4.69) is 5.10 Å². The van der Waals surface area contributed by atoms with Gasteiger partial charge in [-0.3, -0.25) is 24.0 Å². The van der Waals surface area contributed by atoms with E-state index in [9.17, 15) is 23.6 Å². The topological polar surface area (TPSA) is 111 Å². The van der Waals surface area contributed by atoms with Gasteiger partial charge in [-0.2, -0.15) is 5.10 Å². The first-order valence-electron chi connectivity index (χ1n) is 15.9. The summed E-state index contributed by atoms with van der Waals surface area (Å²) in [6, 6.07) is 9.92. The fourth-order valence-electron chi connectivity index (χ4n) is 5.58. The lowest BCUT2D eigenvalue weighted by molar-refractivity contribution is -0.146. The van der Waals surface area contributed by atoms with E-state index in [4.69, 9.17) is 32.7 Å². The van der Waals surface area contributed by atoms with Gasteiger partial charge in [-0.1, -0.05) is 49.6 Å². The number of anilines is 2. The predicted octanol–water partition coefficient (Wildman–Crippen LogP) is 7.06. The van der Waals surface area contributed by atoms with Gasteiger partial charge in [0.2, 0.25) is 5.91 Å². The molecule has 0 bridgehead atoms. The summed E-state index contributed by atoms with van der Waals surface area (Å²) in [5.41, 5.74) is 3.67. The van der Waals surface area contributed by atoms with Gasteiger partial charge < -0.3 is 9.47 Å². The van der Waals surface area contributed by atoms with Crippen molar-refractivity contribution in [1.29, 1.82) is 0 Å². The van der Waals surface area contributed by atoms with Crippen molar-refractivity contribution in [3.63, 3.8) is 0 Å². The van der Waals surface area contributed by atoms with Crippen molar-refractivity contribution in [2.24, 2.45) is 0 Å². The first-order chi connectivity index (χ1) is 23.1. The normalized spacial score (nSPS) is 14.0. The van der Waals surface area contributed by atoms with Crippen molar-refractivity contribution in [3.05, 3.63) is 81.9 Å². The smallest absolute Gasteiger partial charge is 0.344 e. The summed E-state index contributed by atoms with van der Waals surface area (Å²) in [6.07, 6.45) is 8.91. The summed E-state index contributed by atoms with van der Waals surface area (Å²) in [5, 5.41) is 4.07. The lowest BCUT2D eigenvalue weighted by Crippen LogP contribution is -2.35. The molecular formula is C35H39Cl2FN4O6. The Morgan fingerprint density at radius 1 is 1.02 bits per heavy atom. The van der Waals surface area contributed by atoms with E-state index in [0.717, 1.165) is 59.9 Å². The number of rotatable bonds is 12. The number of imide groups is 1. The van der Waals surface area contributed by atoms with Crippen LogP contribution in [0.5, 0.6) is 5.75 Å². The van der Waals surface area contributed by atoms with Gasteiger partial charge in [0.25, 0.3) is 11.8 Å². The number of halogens is 3. The van der Waals surface area contributed by atoms with E-state index < -0.39 is 30.2 Å². The second-order valence-electron chi connectivity index (χ2n) is 11.4. The molecule has 0 unspecified atom stereocenters. The first kappa shape index (κ1) is 36.6. The maximum absolute atomic E-state index is 14.5. The van der Waals surface area contributed by atoms with Crippen molar-refractivity contribution in [3.8, 4) is 5.75 Å². The van der Waals surface area contributed by atoms with Crippen LogP contribution in [0.1, 0.15) is 63.0 Å². The third kappa shape index (κ3) is 8.82. The number of para-hydroxylation sites is 1. The molecule has 0 spiro atoms. The molecule has 3 amide bonds. The van der Waals surface area contributed by atoms with E-state index >= 15 is 0 Å². The van der Waals surface area contributed by atoms with E-state index in [1.807, 2.05) is 51.2 Å². The molecule has 13 heteroatoms. The lowest BCUT2D eigenvalue weighted by Gasteiger charge is -2.25. The van der Waals surface area contributed by atoms with Crippen LogP contribution in [0.15, 0.2) is 59.9 Å². The summed E-state index contributed by atoms with van der Waals surface area (Å²) >= 11 is 11.7. The number of nitrogens with zero attached hydrogens (tertiary/aromatic N) is 4. The summed E-state index contributed by atoms with van der Waals surface area (Å²) in [5.74, 6) is -2.58. The zero-order chi connectivity index (χ0) is 34.8. The quantitative estimate of drug-likeness (QED) is 0.0861. The van der Waals surface area contributed by atoms with E-state index in [-0.39, 0.29) is 28.2 Å². The highest BCUT2D eigenvalue weighted by Gasteiger charge is 2.41. The molecule has 0 N–H and O–H groups in total. The number of alkyl halides is 1. The third-order valence-electron chi connectivity index (χ3n) is 7.96. The van der Waals surface area contributed by atoms with Crippen LogP contribution in [0, 0.1) is 19.7 Å². The largest absolute Gasteiger partial charge is 0.480 e. The number of aromatic nitrogens is 2. The number of benzene rings is 2. The molecule has 1 aliphatic carbocycles. The first-order valence-corrected chi connectivity index (χ1v) is 16.8. The molecule has 2 aliphatic rings. The monoisotopic (exact) mass is 700 g/mol. The molecule has 2 aromatic carbocycles. The summed E-state index contributed by atoms with van der Waals surface area (Å²) in [7, 11) is 0. The number of hydrogen-bond acceptors (Lipinski definition) is 7. The minimum atomic E-state index is -0.814. The molecule has 1 aliphatic heterocycles. The van der Waals surface area contributed by atoms with Crippen LogP contribution >= 0.6 is 23.2 Å². The lowest BCUT2D eigenvalue weighted by atomic mass is 9.93. The van der Waals surface area contributed by atoms with Crippen LogP contribution in [0.2, 0.25) is 5.02 Å². The van der Waals surface area contributed by atoms with Crippen LogP contribution in [-0.4, -0.2) is 52.6 Å². The molecule has 10 nitrogen and oxygen atoms in total. The van der Waals surface area contributed by atoms with Crippen molar-refractivity contribution in [2.75, 3.05) is 28.9 Å². The molecule has 0 saturated heterocycles. The van der Waals surface area contributed by atoms with Crippen LogP contribution in [0.3, 0.4) is 0 Å². The highest BCUT2D eigenvalue weighted by Crippen LogP contribution is 2.39. The highest BCUT2D eigenvalue weighted by molar-refractivity contribution is 6.34. The Morgan fingerprint density at radius 3 is 2.27 bits per heavy atom. The van der Waals surface area contributed by atoms with Crippen LogP contribution in [-0.2, 0) is 30.6 Å². The Balaban J connectivity index is 0.000000237. The van der Waals surface area contributed by atoms with Crippen LogP contribution in [0.4, 0.5) is 15.8 Å². The van der Waals surface area contributed by atoms with E-state index in [1.54, 1.807) is 15.8 Å². The molecule has 0 saturated carbocycles. The molecule has 0 atom stereocenters. The third-order valence-corrected chi connectivity index (χ3v) is 8.48. The molecule has 5 rings (SSSR count). The second kappa shape index (κ2) is 17.3. The molecule has 1 aromatic heterocycles. The predicted molar refractivity (Wildman–Crippen MR) is 182 cm³/mol. The molecule has 256 valence electrons. The molecule has 0 fully saturated rings. The van der Waals surface area contributed by atoms with Gasteiger partial charge in [0.15, 0.2) is 6.61 Å². The Labute approximate surface area is 289 Å². The SMILES string of the molecule is CCCCCOC(=O)COc1cc(N2C(=O)C3=C(CCCC3)C2=O)c(F)cc1Cl.Cc1cccc(C)c1N(Cn1cccn1)C(=O)CCl. The number of carbonyl (C=O) groups excluding carboxylic acids is 4. The van der Waals surface area contributed by atoms with Gasteiger partial charge in [-0.15, -0.1) is 11.6 Å². The molecule has 3 aromatic rings. The van der Waals surface area contributed by atoms with Crippen LogP contribution < -0.4 is 14.5 Å². The Kier molecular flexibility index (Phi) is 13.2. The Morgan fingerprint density at radius 2 is 1.69 bits per heavy atom. The van der Waals surface area contributed by atoms with Gasteiger partial charge >= 0.3 is 5.97 Å². The van der Waals surface area contributed by atoms with Crippen molar-refractivity contribution in [2.45, 2.75) is 72.4 Å². The minimum Gasteiger partial charge on any atom is -0.480 e. The summed E-state index contributed by atoms with van der Waals surface area (Å²) in [6.45, 7) is 6.27. The zero-order valence-electron chi connectivity index (χ0n) is 27.3. The standard InChI is InChI=1S/C21H23ClFNO5.C14H16ClN3O/c1-2-3-6-9-28-19(25)12-29-18-11-17(16(23)10-15(18)22)24-20(26)13-7-4-5-8-14(13)21(24)27;1-11-5-3-6-12(2)14(11)18(13(19)9-15)10-17-8-4-7-16-17/h10-11H,2-9,12H2,1H3;3-8H,9-10H2,1-2H3.